The maximum Gasteiger partial charge on any atom is 0.416 e. The number of aryl methyl sites for hydroxylation is 2. The Labute approximate surface area is 197 Å². The van der Waals surface area contributed by atoms with Crippen LogP contribution in [0.15, 0.2) is 48.7 Å². The number of halogens is 3. The first kappa shape index (κ1) is 22.5. The smallest absolute Gasteiger partial charge is 0.416 e. The van der Waals surface area contributed by atoms with E-state index in [1.54, 1.807) is 0 Å². The Hall–Kier alpha value is -3.33. The molecule has 0 saturated carbocycles. The Bertz CT molecular complexity index is 1370. The van der Waals surface area contributed by atoms with Gasteiger partial charge in [-0.15, -0.1) is 11.3 Å². The van der Waals surface area contributed by atoms with E-state index >= 15 is 0 Å². The molecule has 2 heterocycles. The Balaban J connectivity index is 1.30. The van der Waals surface area contributed by atoms with Crippen molar-refractivity contribution in [3.63, 3.8) is 0 Å². The maximum atomic E-state index is 12.8. The number of aliphatic carboxylic acids is 1. The van der Waals surface area contributed by atoms with Crippen LogP contribution in [0.4, 0.5) is 13.2 Å². The largest absolute Gasteiger partial charge is 0.493 e. The number of benzene rings is 2. The summed E-state index contributed by atoms with van der Waals surface area (Å²) in [5.74, 6) is -0.0628. The summed E-state index contributed by atoms with van der Waals surface area (Å²) in [6.07, 6.45) is -0.781. The van der Waals surface area contributed by atoms with Crippen LogP contribution in [-0.4, -0.2) is 27.2 Å². The van der Waals surface area contributed by atoms with Gasteiger partial charge in [-0.2, -0.15) is 13.2 Å². The zero-order valence-corrected chi connectivity index (χ0v) is 19.0. The van der Waals surface area contributed by atoms with Crippen molar-refractivity contribution in [2.24, 2.45) is 7.05 Å². The number of hydrogen-bond donors (Lipinski definition) is 1. The SMILES string of the molecule is Cn1cc(CC(=O)O)c2ccc(OC[C@@H]3CCc4sc(-c5ccc(C(F)(F)F)cc5)nc43)cc21. The molecule has 4 aromatic rings. The van der Waals surface area contributed by atoms with Crippen LogP contribution in [0, 0.1) is 0 Å². The minimum absolute atomic E-state index is 0.0342. The van der Waals surface area contributed by atoms with Crippen molar-refractivity contribution >= 4 is 28.2 Å². The molecule has 0 fully saturated rings. The molecule has 1 N–H and O–H groups in total. The summed E-state index contributed by atoms with van der Waals surface area (Å²) in [6, 6.07) is 10.7. The highest BCUT2D eigenvalue weighted by Gasteiger charge is 2.31. The quantitative estimate of drug-likeness (QED) is 0.360. The van der Waals surface area contributed by atoms with Gasteiger partial charge in [0.05, 0.1) is 29.8 Å². The van der Waals surface area contributed by atoms with Crippen LogP contribution >= 0.6 is 11.3 Å². The third-order valence-electron chi connectivity index (χ3n) is 6.13. The molecule has 2 aromatic heterocycles. The number of carboxylic acids is 1. The molecule has 1 atom stereocenters. The molecule has 176 valence electrons. The van der Waals surface area contributed by atoms with E-state index in [1.165, 1.54) is 23.5 Å². The van der Waals surface area contributed by atoms with Gasteiger partial charge in [0, 0.05) is 41.1 Å². The second-order valence-electron chi connectivity index (χ2n) is 8.46. The molecule has 34 heavy (non-hydrogen) atoms. The van der Waals surface area contributed by atoms with E-state index < -0.39 is 17.7 Å². The number of rotatable bonds is 6. The number of hydrogen-bond acceptors (Lipinski definition) is 4. The van der Waals surface area contributed by atoms with E-state index in [2.05, 4.69) is 0 Å². The van der Waals surface area contributed by atoms with Crippen LogP contribution in [0.3, 0.4) is 0 Å². The van der Waals surface area contributed by atoms with Crippen molar-refractivity contribution in [2.75, 3.05) is 6.61 Å². The lowest BCUT2D eigenvalue weighted by molar-refractivity contribution is -0.138. The highest BCUT2D eigenvalue weighted by Crippen LogP contribution is 2.40. The average molecular weight is 487 g/mol. The van der Waals surface area contributed by atoms with E-state index in [0.717, 1.165) is 57.0 Å². The third kappa shape index (κ3) is 4.27. The van der Waals surface area contributed by atoms with Crippen molar-refractivity contribution in [3.8, 4) is 16.3 Å². The second kappa shape index (κ2) is 8.47. The number of nitrogens with zero attached hydrogens (tertiary/aromatic N) is 2. The fourth-order valence-electron chi connectivity index (χ4n) is 4.43. The van der Waals surface area contributed by atoms with Crippen molar-refractivity contribution in [3.05, 3.63) is 70.4 Å². The molecule has 5 nitrogen and oxygen atoms in total. The molecule has 0 spiro atoms. The number of thiazole rings is 1. The summed E-state index contributed by atoms with van der Waals surface area (Å²) >= 11 is 1.53. The van der Waals surface area contributed by atoms with Crippen LogP contribution < -0.4 is 4.74 Å². The molecule has 9 heteroatoms. The van der Waals surface area contributed by atoms with Gasteiger partial charge in [-0.1, -0.05) is 12.1 Å². The fraction of sp³-hybridized carbons (Fsp3) is 0.280. The van der Waals surface area contributed by atoms with Crippen molar-refractivity contribution < 1.29 is 27.8 Å². The predicted molar refractivity (Wildman–Crippen MR) is 123 cm³/mol. The zero-order valence-electron chi connectivity index (χ0n) is 18.2. The van der Waals surface area contributed by atoms with E-state index in [0.29, 0.717) is 17.9 Å². The van der Waals surface area contributed by atoms with Crippen LogP contribution in [0.25, 0.3) is 21.5 Å². The number of alkyl halides is 3. The van der Waals surface area contributed by atoms with Gasteiger partial charge in [-0.3, -0.25) is 4.79 Å². The molecular weight excluding hydrogens is 465 g/mol. The predicted octanol–water partition coefficient (Wildman–Crippen LogP) is 6.06. The van der Waals surface area contributed by atoms with Gasteiger partial charge in [-0.25, -0.2) is 4.98 Å². The normalized spacial score (nSPS) is 15.6. The first-order valence-electron chi connectivity index (χ1n) is 10.8. The number of carboxylic acid groups (broad SMARTS) is 1. The van der Waals surface area contributed by atoms with Gasteiger partial charge in [0.25, 0.3) is 0 Å². The fourth-order valence-corrected chi connectivity index (χ4v) is 5.60. The Morgan fingerprint density at radius 2 is 2.00 bits per heavy atom. The zero-order chi connectivity index (χ0) is 24.0. The molecule has 0 bridgehead atoms. The van der Waals surface area contributed by atoms with Gasteiger partial charge in [0.15, 0.2) is 0 Å². The Morgan fingerprint density at radius 1 is 1.24 bits per heavy atom. The molecule has 5 rings (SSSR count). The Kier molecular flexibility index (Phi) is 5.59. The number of aromatic nitrogens is 2. The van der Waals surface area contributed by atoms with Gasteiger partial charge < -0.3 is 14.4 Å². The third-order valence-corrected chi connectivity index (χ3v) is 7.31. The second-order valence-corrected chi connectivity index (χ2v) is 9.55. The molecule has 0 unspecified atom stereocenters. The lowest BCUT2D eigenvalue weighted by Crippen LogP contribution is -2.08. The van der Waals surface area contributed by atoms with Crippen LogP contribution in [0.1, 0.15) is 34.0 Å². The van der Waals surface area contributed by atoms with Gasteiger partial charge >= 0.3 is 12.1 Å². The molecule has 0 amide bonds. The lowest BCUT2D eigenvalue weighted by Gasteiger charge is -2.12. The summed E-state index contributed by atoms with van der Waals surface area (Å²) in [5.41, 5.74) is 2.63. The summed E-state index contributed by atoms with van der Waals surface area (Å²) in [7, 11) is 1.87. The maximum absolute atomic E-state index is 12.8. The van der Waals surface area contributed by atoms with Crippen LogP contribution in [0.5, 0.6) is 5.75 Å². The monoisotopic (exact) mass is 486 g/mol. The molecule has 2 aromatic carbocycles. The van der Waals surface area contributed by atoms with E-state index in [1.807, 2.05) is 36.0 Å². The molecule has 1 aliphatic carbocycles. The summed E-state index contributed by atoms with van der Waals surface area (Å²) < 4.78 is 46.5. The Morgan fingerprint density at radius 3 is 2.71 bits per heavy atom. The molecular formula is C25H21F3N2O3S. The van der Waals surface area contributed by atoms with Crippen LogP contribution in [-0.2, 0) is 30.9 Å². The molecule has 0 aliphatic heterocycles. The topological polar surface area (TPSA) is 64.4 Å². The average Bonchev–Trinajstić information content (AvgIpc) is 3.45. The molecule has 1 aliphatic rings. The van der Waals surface area contributed by atoms with Crippen molar-refractivity contribution in [1.82, 2.24) is 9.55 Å². The molecule has 0 saturated heterocycles. The first-order chi connectivity index (χ1) is 16.2. The van der Waals surface area contributed by atoms with E-state index in [-0.39, 0.29) is 12.3 Å². The highest BCUT2D eigenvalue weighted by atomic mass is 32.1. The lowest BCUT2D eigenvalue weighted by atomic mass is 10.1. The minimum Gasteiger partial charge on any atom is -0.493 e. The highest BCUT2D eigenvalue weighted by molar-refractivity contribution is 7.15. The van der Waals surface area contributed by atoms with Gasteiger partial charge in [-0.05, 0) is 42.7 Å². The number of carbonyl (C=O) groups is 1. The summed E-state index contributed by atoms with van der Waals surface area (Å²) in [6.45, 7) is 0.446. The number of fused-ring (bicyclic) bond motifs is 2. The van der Waals surface area contributed by atoms with E-state index in [4.69, 9.17) is 14.8 Å². The standard InChI is InChI=1S/C25H21F3N2O3S/c1-30-12-16(10-22(31)32)19-8-7-18(11-20(19)30)33-13-15-4-9-21-23(15)29-24(34-21)14-2-5-17(6-3-14)25(26,27)28/h2-3,5-8,11-12,15H,4,9-10,13H2,1H3,(H,31,32)/t15-/m0/s1. The van der Waals surface area contributed by atoms with Crippen LogP contribution in [0.2, 0.25) is 0 Å². The summed E-state index contributed by atoms with van der Waals surface area (Å²) in [4.78, 5) is 17.0. The van der Waals surface area contributed by atoms with Gasteiger partial charge in [0.2, 0.25) is 0 Å². The minimum atomic E-state index is -4.36. The van der Waals surface area contributed by atoms with Crippen molar-refractivity contribution in [1.29, 1.82) is 0 Å². The van der Waals surface area contributed by atoms with E-state index in [9.17, 15) is 18.0 Å². The summed E-state index contributed by atoms with van der Waals surface area (Å²) in [5, 5.41) is 10.7. The number of ether oxygens (including phenoxy) is 1. The van der Waals surface area contributed by atoms with Crippen molar-refractivity contribution in [2.45, 2.75) is 31.4 Å². The molecule has 0 radical (unpaired) electrons. The van der Waals surface area contributed by atoms with Gasteiger partial charge in [0.1, 0.15) is 10.8 Å². The first-order valence-corrected chi connectivity index (χ1v) is 11.6.